The van der Waals surface area contributed by atoms with Gasteiger partial charge in [0.25, 0.3) is 0 Å². The van der Waals surface area contributed by atoms with Crippen molar-refractivity contribution in [3.63, 3.8) is 0 Å². The van der Waals surface area contributed by atoms with E-state index in [0.29, 0.717) is 31.0 Å². The van der Waals surface area contributed by atoms with Gasteiger partial charge in [-0.1, -0.05) is 0 Å². The van der Waals surface area contributed by atoms with E-state index in [4.69, 9.17) is 10.00 Å². The van der Waals surface area contributed by atoms with Crippen molar-refractivity contribution in [3.8, 4) is 6.07 Å². The number of nitriles is 1. The second kappa shape index (κ2) is 6.75. The van der Waals surface area contributed by atoms with Gasteiger partial charge in [0.05, 0.1) is 19.7 Å². The second-order valence-corrected chi connectivity index (χ2v) is 6.82. The summed E-state index contributed by atoms with van der Waals surface area (Å²) in [7, 11) is 1.42. The molecule has 0 radical (unpaired) electrons. The molecule has 2 heterocycles. The molecule has 0 spiro atoms. The number of nitrogens with one attached hydrogen (secondary N) is 1. The molecule has 7 heteroatoms. The van der Waals surface area contributed by atoms with E-state index in [-0.39, 0.29) is 18.0 Å². The molecule has 2 amide bonds. The highest BCUT2D eigenvalue weighted by atomic mass is 16.5. The van der Waals surface area contributed by atoms with Gasteiger partial charge in [0.1, 0.15) is 6.04 Å². The standard InChI is InChI=1S/C16H24N4O3/c1-23-16(22)19-9-11-5-13(6-12(11)10-19)18-8-15(21)20-4-2-3-14(20)7-17/h11-14,18H,2-6,8-10H2,1H3. The SMILES string of the molecule is COC(=O)N1CC2CC(NCC(=O)N3CCCC3C#N)CC2C1. The van der Waals surface area contributed by atoms with Crippen LogP contribution in [0.5, 0.6) is 0 Å². The summed E-state index contributed by atoms with van der Waals surface area (Å²) in [4.78, 5) is 27.3. The predicted molar refractivity (Wildman–Crippen MR) is 82.3 cm³/mol. The van der Waals surface area contributed by atoms with Crippen LogP contribution in [0.3, 0.4) is 0 Å². The Morgan fingerprint density at radius 2 is 2.00 bits per heavy atom. The van der Waals surface area contributed by atoms with Crippen molar-refractivity contribution in [2.75, 3.05) is 33.3 Å². The van der Waals surface area contributed by atoms with Crippen LogP contribution >= 0.6 is 0 Å². The summed E-state index contributed by atoms with van der Waals surface area (Å²) in [5, 5.41) is 12.4. The van der Waals surface area contributed by atoms with Gasteiger partial charge in [-0.2, -0.15) is 5.26 Å². The molecule has 0 bridgehead atoms. The van der Waals surface area contributed by atoms with Crippen LogP contribution in [0.4, 0.5) is 4.79 Å². The zero-order valence-electron chi connectivity index (χ0n) is 13.5. The first-order valence-electron chi connectivity index (χ1n) is 8.37. The zero-order valence-corrected chi connectivity index (χ0v) is 13.5. The van der Waals surface area contributed by atoms with Gasteiger partial charge < -0.3 is 19.9 Å². The zero-order chi connectivity index (χ0) is 16.4. The van der Waals surface area contributed by atoms with Gasteiger partial charge in [0.2, 0.25) is 5.91 Å². The van der Waals surface area contributed by atoms with Crippen LogP contribution in [0.1, 0.15) is 25.7 Å². The lowest BCUT2D eigenvalue weighted by Gasteiger charge is -2.22. The third-order valence-electron chi connectivity index (χ3n) is 5.45. The maximum absolute atomic E-state index is 12.2. The number of carbonyl (C=O) groups excluding carboxylic acids is 2. The van der Waals surface area contributed by atoms with E-state index in [1.165, 1.54) is 7.11 Å². The van der Waals surface area contributed by atoms with Crippen LogP contribution < -0.4 is 5.32 Å². The summed E-state index contributed by atoms with van der Waals surface area (Å²) >= 11 is 0. The Balaban J connectivity index is 1.43. The van der Waals surface area contributed by atoms with Crippen molar-refractivity contribution in [2.24, 2.45) is 11.8 Å². The molecule has 0 aromatic heterocycles. The monoisotopic (exact) mass is 320 g/mol. The van der Waals surface area contributed by atoms with Crippen LogP contribution in [0, 0.1) is 23.2 Å². The van der Waals surface area contributed by atoms with E-state index in [2.05, 4.69) is 11.4 Å². The largest absolute Gasteiger partial charge is 0.453 e. The number of rotatable bonds is 3. The van der Waals surface area contributed by atoms with Crippen molar-refractivity contribution < 1.29 is 14.3 Å². The van der Waals surface area contributed by atoms with Crippen molar-refractivity contribution in [1.29, 1.82) is 5.26 Å². The van der Waals surface area contributed by atoms with Gasteiger partial charge in [-0.15, -0.1) is 0 Å². The lowest BCUT2D eigenvalue weighted by Crippen LogP contribution is -2.43. The van der Waals surface area contributed by atoms with Gasteiger partial charge in [0.15, 0.2) is 0 Å². The highest BCUT2D eigenvalue weighted by Gasteiger charge is 2.42. The number of hydrogen-bond donors (Lipinski definition) is 1. The van der Waals surface area contributed by atoms with Crippen LogP contribution in [0.2, 0.25) is 0 Å². The molecule has 126 valence electrons. The predicted octanol–water partition coefficient (Wildman–Crippen LogP) is 0.567. The molecule has 3 unspecified atom stereocenters. The fourth-order valence-corrected chi connectivity index (χ4v) is 4.28. The minimum atomic E-state index is -0.249. The lowest BCUT2D eigenvalue weighted by molar-refractivity contribution is -0.130. The Morgan fingerprint density at radius 1 is 1.30 bits per heavy atom. The van der Waals surface area contributed by atoms with E-state index >= 15 is 0 Å². The quantitative estimate of drug-likeness (QED) is 0.821. The molecule has 0 aromatic rings. The van der Waals surface area contributed by atoms with E-state index in [1.807, 2.05) is 0 Å². The van der Waals surface area contributed by atoms with Crippen molar-refractivity contribution >= 4 is 12.0 Å². The number of ether oxygens (including phenoxy) is 1. The smallest absolute Gasteiger partial charge is 0.409 e. The summed E-state index contributed by atoms with van der Waals surface area (Å²) in [6.45, 7) is 2.52. The first-order valence-corrected chi connectivity index (χ1v) is 8.37. The second-order valence-electron chi connectivity index (χ2n) is 6.82. The maximum atomic E-state index is 12.2. The van der Waals surface area contributed by atoms with Gasteiger partial charge in [-0.25, -0.2) is 4.79 Å². The molecule has 1 saturated carbocycles. The molecule has 1 N–H and O–H groups in total. The van der Waals surface area contributed by atoms with E-state index in [1.54, 1.807) is 9.80 Å². The average Bonchev–Trinajstić information content (AvgIpc) is 3.24. The summed E-state index contributed by atoms with van der Waals surface area (Å²) < 4.78 is 4.78. The highest BCUT2D eigenvalue weighted by molar-refractivity contribution is 5.79. The number of likely N-dealkylation sites (tertiary alicyclic amines) is 2. The fraction of sp³-hybridized carbons (Fsp3) is 0.812. The molecule has 7 nitrogen and oxygen atoms in total. The normalized spacial score (nSPS) is 32.7. The summed E-state index contributed by atoms with van der Waals surface area (Å²) in [6.07, 6.45) is 3.45. The minimum Gasteiger partial charge on any atom is -0.453 e. The van der Waals surface area contributed by atoms with E-state index in [0.717, 1.165) is 38.8 Å². The van der Waals surface area contributed by atoms with Gasteiger partial charge >= 0.3 is 6.09 Å². The van der Waals surface area contributed by atoms with Crippen LogP contribution in [-0.2, 0) is 9.53 Å². The molecule has 3 fully saturated rings. The lowest BCUT2D eigenvalue weighted by atomic mass is 10.0. The van der Waals surface area contributed by atoms with Gasteiger partial charge in [-0.05, 0) is 37.5 Å². The molecular formula is C16H24N4O3. The molecule has 3 rings (SSSR count). The fourth-order valence-electron chi connectivity index (χ4n) is 4.28. The Bertz CT molecular complexity index is 504. The first-order chi connectivity index (χ1) is 11.1. The molecule has 23 heavy (non-hydrogen) atoms. The van der Waals surface area contributed by atoms with Gasteiger partial charge in [0, 0.05) is 25.7 Å². The highest BCUT2D eigenvalue weighted by Crippen LogP contribution is 2.38. The van der Waals surface area contributed by atoms with Crippen molar-refractivity contribution in [2.45, 2.75) is 37.8 Å². The number of nitrogens with zero attached hydrogens (tertiary/aromatic N) is 3. The summed E-state index contributed by atoms with van der Waals surface area (Å²) in [5.74, 6) is 1.03. The summed E-state index contributed by atoms with van der Waals surface area (Å²) in [6, 6.07) is 2.29. The molecule has 2 aliphatic heterocycles. The van der Waals surface area contributed by atoms with E-state index in [9.17, 15) is 9.59 Å². The Kier molecular flexibility index (Phi) is 4.71. The average molecular weight is 320 g/mol. The van der Waals surface area contributed by atoms with Crippen molar-refractivity contribution in [3.05, 3.63) is 0 Å². The molecule has 3 aliphatic rings. The molecule has 2 saturated heterocycles. The van der Waals surface area contributed by atoms with Crippen LogP contribution in [-0.4, -0.2) is 67.2 Å². The molecule has 1 aliphatic carbocycles. The van der Waals surface area contributed by atoms with Gasteiger partial charge in [-0.3, -0.25) is 4.79 Å². The number of methoxy groups -OCH3 is 1. The number of amides is 2. The molecule has 0 aromatic carbocycles. The Hall–Kier alpha value is -1.81. The summed E-state index contributed by atoms with van der Waals surface area (Å²) in [5.41, 5.74) is 0. The van der Waals surface area contributed by atoms with Crippen molar-refractivity contribution in [1.82, 2.24) is 15.1 Å². The third-order valence-corrected chi connectivity index (χ3v) is 5.45. The Morgan fingerprint density at radius 3 is 2.61 bits per heavy atom. The Labute approximate surface area is 136 Å². The number of hydrogen-bond acceptors (Lipinski definition) is 5. The molecular weight excluding hydrogens is 296 g/mol. The van der Waals surface area contributed by atoms with Crippen LogP contribution in [0.25, 0.3) is 0 Å². The third kappa shape index (κ3) is 3.27. The number of fused-ring (bicyclic) bond motifs is 1. The molecule has 3 atom stereocenters. The maximum Gasteiger partial charge on any atom is 0.409 e. The topological polar surface area (TPSA) is 85.7 Å². The minimum absolute atomic E-state index is 0.0299. The number of carbonyl (C=O) groups is 2. The van der Waals surface area contributed by atoms with Crippen LogP contribution in [0.15, 0.2) is 0 Å². The van der Waals surface area contributed by atoms with E-state index < -0.39 is 0 Å². The first kappa shape index (κ1) is 16.1.